The Kier molecular flexibility index (Phi) is 4.52. The maximum absolute atomic E-state index is 12.5. The number of halogens is 2. The highest BCUT2D eigenvalue weighted by Crippen LogP contribution is 2.33. The molecular formula is C15H11ClINO4S. The second-order valence-corrected chi connectivity index (χ2v) is 8.15. The molecule has 1 amide bonds. The van der Waals surface area contributed by atoms with Crippen molar-refractivity contribution < 1.29 is 17.4 Å². The van der Waals surface area contributed by atoms with Gasteiger partial charge in [0.25, 0.3) is 0 Å². The van der Waals surface area contributed by atoms with E-state index in [0.29, 0.717) is 18.5 Å². The predicted octanol–water partition coefficient (Wildman–Crippen LogP) is 3.60. The molecule has 0 aliphatic carbocycles. The van der Waals surface area contributed by atoms with Crippen LogP contribution in [0, 0.1) is 3.57 Å². The van der Waals surface area contributed by atoms with Crippen LogP contribution in [-0.2, 0) is 21.3 Å². The van der Waals surface area contributed by atoms with Gasteiger partial charge in [0.05, 0.1) is 5.02 Å². The molecule has 0 saturated heterocycles. The molecule has 0 aromatic heterocycles. The Morgan fingerprint density at radius 3 is 2.52 bits per heavy atom. The van der Waals surface area contributed by atoms with Gasteiger partial charge in [-0.3, -0.25) is 4.79 Å². The monoisotopic (exact) mass is 463 g/mol. The Hall–Kier alpha value is -1.32. The largest absolute Gasteiger partial charge is 0.379 e. The first-order chi connectivity index (χ1) is 10.8. The number of aryl methyl sites for hydroxylation is 1. The molecule has 0 fully saturated rings. The van der Waals surface area contributed by atoms with Crippen LogP contribution in [0.4, 0.5) is 5.69 Å². The van der Waals surface area contributed by atoms with Gasteiger partial charge in [-0.25, -0.2) is 0 Å². The van der Waals surface area contributed by atoms with Crippen molar-refractivity contribution in [3.05, 3.63) is 50.6 Å². The molecule has 0 spiro atoms. The predicted molar refractivity (Wildman–Crippen MR) is 95.4 cm³/mol. The Balaban J connectivity index is 1.98. The summed E-state index contributed by atoms with van der Waals surface area (Å²) in [5.41, 5.74) is 1.26. The Morgan fingerprint density at radius 2 is 1.83 bits per heavy atom. The van der Waals surface area contributed by atoms with Crippen LogP contribution >= 0.6 is 34.2 Å². The minimum atomic E-state index is -4.09. The van der Waals surface area contributed by atoms with E-state index in [1.54, 1.807) is 30.3 Å². The summed E-state index contributed by atoms with van der Waals surface area (Å²) >= 11 is 8.21. The minimum absolute atomic E-state index is 0.0745. The summed E-state index contributed by atoms with van der Waals surface area (Å²) in [5.74, 6) is 0.0463. The van der Waals surface area contributed by atoms with E-state index in [1.807, 2.05) is 0 Å². The molecule has 2 aromatic carbocycles. The number of rotatable bonds is 3. The third kappa shape index (κ3) is 3.61. The fourth-order valence-electron chi connectivity index (χ4n) is 2.23. The van der Waals surface area contributed by atoms with Gasteiger partial charge in [-0.05, 0) is 71.0 Å². The Bertz CT molecular complexity index is 881. The highest BCUT2D eigenvalue weighted by Gasteiger charge is 2.25. The van der Waals surface area contributed by atoms with Crippen LogP contribution in [0.1, 0.15) is 12.0 Å². The lowest BCUT2D eigenvalue weighted by molar-refractivity contribution is -0.116. The summed E-state index contributed by atoms with van der Waals surface area (Å²) in [6, 6.07) is 9.50. The molecular weight excluding hydrogens is 453 g/mol. The summed E-state index contributed by atoms with van der Waals surface area (Å²) in [4.78, 5) is 11.3. The lowest BCUT2D eigenvalue weighted by atomic mass is 10.0. The maximum atomic E-state index is 12.5. The van der Waals surface area contributed by atoms with Crippen LogP contribution in [0.2, 0.25) is 5.02 Å². The van der Waals surface area contributed by atoms with Crippen LogP contribution in [0.3, 0.4) is 0 Å². The Labute approximate surface area is 152 Å². The second-order valence-electron chi connectivity index (χ2n) is 4.98. The van der Waals surface area contributed by atoms with Crippen molar-refractivity contribution in [2.75, 3.05) is 5.32 Å². The van der Waals surface area contributed by atoms with E-state index in [-0.39, 0.29) is 21.6 Å². The topological polar surface area (TPSA) is 72.5 Å². The van der Waals surface area contributed by atoms with E-state index in [0.717, 1.165) is 9.13 Å². The molecule has 0 atom stereocenters. The van der Waals surface area contributed by atoms with Crippen LogP contribution in [-0.4, -0.2) is 14.3 Å². The molecule has 23 heavy (non-hydrogen) atoms. The zero-order valence-corrected chi connectivity index (χ0v) is 15.4. The van der Waals surface area contributed by atoms with Crippen molar-refractivity contribution in [3.8, 4) is 5.75 Å². The van der Waals surface area contributed by atoms with Gasteiger partial charge in [0, 0.05) is 15.7 Å². The number of fused-ring (bicyclic) bond motifs is 1. The van der Waals surface area contributed by atoms with E-state index >= 15 is 0 Å². The van der Waals surface area contributed by atoms with Gasteiger partial charge in [0.15, 0.2) is 0 Å². The fraction of sp³-hybridized carbons (Fsp3) is 0.133. The third-order valence-corrected chi connectivity index (χ3v) is 5.77. The number of anilines is 1. The van der Waals surface area contributed by atoms with Gasteiger partial charge in [0.1, 0.15) is 10.6 Å². The Morgan fingerprint density at radius 1 is 1.13 bits per heavy atom. The summed E-state index contributed by atoms with van der Waals surface area (Å²) in [6.45, 7) is 0. The first-order valence-corrected chi connectivity index (χ1v) is 9.54. The first-order valence-electron chi connectivity index (χ1n) is 6.67. The SMILES string of the molecule is O=C1CCc2cc(Cl)c(S(=O)(=O)Oc3ccc(I)cc3)cc2N1. The number of amides is 1. The summed E-state index contributed by atoms with van der Waals surface area (Å²) in [5, 5.41) is 2.73. The van der Waals surface area contributed by atoms with Gasteiger partial charge in [-0.1, -0.05) is 11.6 Å². The zero-order valence-electron chi connectivity index (χ0n) is 11.7. The molecule has 5 nitrogen and oxygen atoms in total. The van der Waals surface area contributed by atoms with Gasteiger partial charge in [0.2, 0.25) is 5.91 Å². The zero-order chi connectivity index (χ0) is 16.6. The highest BCUT2D eigenvalue weighted by molar-refractivity contribution is 14.1. The van der Waals surface area contributed by atoms with Crippen LogP contribution < -0.4 is 9.50 Å². The number of benzene rings is 2. The quantitative estimate of drug-likeness (QED) is 0.558. The summed E-state index contributed by atoms with van der Waals surface area (Å²) in [7, 11) is -4.09. The van der Waals surface area contributed by atoms with Gasteiger partial charge >= 0.3 is 10.1 Å². The normalized spacial score (nSPS) is 14.1. The third-order valence-electron chi connectivity index (χ3n) is 3.34. The van der Waals surface area contributed by atoms with Crippen molar-refractivity contribution in [3.63, 3.8) is 0 Å². The summed E-state index contributed by atoms with van der Waals surface area (Å²) < 4.78 is 31.0. The van der Waals surface area contributed by atoms with E-state index in [1.165, 1.54) is 6.07 Å². The van der Waals surface area contributed by atoms with Crippen LogP contribution in [0.5, 0.6) is 5.75 Å². The first kappa shape index (κ1) is 16.5. The van der Waals surface area contributed by atoms with E-state index in [4.69, 9.17) is 15.8 Å². The van der Waals surface area contributed by atoms with Crippen molar-refractivity contribution in [2.45, 2.75) is 17.7 Å². The van der Waals surface area contributed by atoms with E-state index < -0.39 is 10.1 Å². The average molecular weight is 464 g/mol. The highest BCUT2D eigenvalue weighted by atomic mass is 127. The smallest absolute Gasteiger partial charge is 0.340 e. The molecule has 1 N–H and O–H groups in total. The van der Waals surface area contributed by atoms with Crippen LogP contribution in [0.15, 0.2) is 41.3 Å². The number of carbonyl (C=O) groups is 1. The molecule has 0 radical (unpaired) electrons. The lowest BCUT2D eigenvalue weighted by Gasteiger charge is -2.18. The van der Waals surface area contributed by atoms with Crippen LogP contribution in [0.25, 0.3) is 0 Å². The number of carbonyl (C=O) groups excluding carboxylic acids is 1. The number of nitrogens with one attached hydrogen (secondary N) is 1. The molecule has 2 aromatic rings. The molecule has 0 unspecified atom stereocenters. The standard InChI is InChI=1S/C15H11ClINO4S/c16-12-7-9-1-6-15(19)18-13(9)8-14(12)23(20,21)22-11-4-2-10(17)3-5-11/h2-5,7-8H,1,6H2,(H,18,19). The lowest BCUT2D eigenvalue weighted by Crippen LogP contribution is -2.20. The maximum Gasteiger partial charge on any atom is 0.340 e. The van der Waals surface area contributed by atoms with E-state index in [2.05, 4.69) is 27.9 Å². The molecule has 1 aliphatic rings. The molecule has 3 rings (SSSR count). The molecule has 0 saturated carbocycles. The molecule has 1 heterocycles. The second kappa shape index (κ2) is 6.29. The van der Waals surface area contributed by atoms with Crippen molar-refractivity contribution >= 4 is 55.9 Å². The molecule has 120 valence electrons. The van der Waals surface area contributed by atoms with Gasteiger partial charge < -0.3 is 9.50 Å². The van der Waals surface area contributed by atoms with Crippen molar-refractivity contribution in [2.24, 2.45) is 0 Å². The van der Waals surface area contributed by atoms with Crippen molar-refractivity contribution in [1.29, 1.82) is 0 Å². The average Bonchev–Trinajstić information content (AvgIpc) is 2.49. The number of hydrogen-bond donors (Lipinski definition) is 1. The van der Waals surface area contributed by atoms with Crippen molar-refractivity contribution in [1.82, 2.24) is 0 Å². The molecule has 0 bridgehead atoms. The van der Waals surface area contributed by atoms with E-state index in [9.17, 15) is 13.2 Å². The summed E-state index contributed by atoms with van der Waals surface area (Å²) in [6.07, 6.45) is 0.883. The molecule has 1 aliphatic heterocycles. The van der Waals surface area contributed by atoms with Gasteiger partial charge in [-0.15, -0.1) is 0 Å². The van der Waals surface area contributed by atoms with Gasteiger partial charge in [-0.2, -0.15) is 8.42 Å². The fourth-order valence-corrected chi connectivity index (χ4v) is 4.08. The minimum Gasteiger partial charge on any atom is -0.379 e. The molecule has 8 heteroatoms. The number of hydrogen-bond acceptors (Lipinski definition) is 4.